The van der Waals surface area contributed by atoms with Crippen molar-refractivity contribution in [3.63, 3.8) is 0 Å². The Labute approximate surface area is 431 Å². The molecule has 0 unspecified atom stereocenters. The molecule has 6 aromatic carbocycles. The molecule has 72 heavy (non-hydrogen) atoms. The van der Waals surface area contributed by atoms with Gasteiger partial charge in [0.15, 0.2) is 0 Å². The lowest BCUT2D eigenvalue weighted by Gasteiger charge is -2.32. The Morgan fingerprint density at radius 2 is 0.667 bits per heavy atom. The lowest BCUT2D eigenvalue weighted by atomic mass is 9.79. The van der Waals surface area contributed by atoms with E-state index in [1.165, 1.54) is 8.61 Å². The van der Waals surface area contributed by atoms with Gasteiger partial charge in [0, 0.05) is 0 Å². The van der Waals surface area contributed by atoms with Gasteiger partial charge in [0.25, 0.3) is 20.0 Å². The van der Waals surface area contributed by atoms with Crippen LogP contribution in [-0.2, 0) is 51.8 Å². The second-order valence-corrected chi connectivity index (χ2v) is 25.5. The number of rotatable bonds is 12. The predicted molar refractivity (Wildman–Crippen MR) is 295 cm³/mol. The van der Waals surface area contributed by atoms with Crippen LogP contribution in [0.4, 0.5) is 11.4 Å². The summed E-state index contributed by atoms with van der Waals surface area (Å²) in [6.07, 6.45) is 0. The van der Waals surface area contributed by atoms with Gasteiger partial charge in [-0.25, -0.2) is 16.8 Å². The Morgan fingerprint density at radius 3 is 0.944 bits per heavy atom. The zero-order valence-corrected chi connectivity index (χ0v) is 46.7. The summed E-state index contributed by atoms with van der Waals surface area (Å²) in [5.41, 5.74) is 11.4. The Kier molecular flexibility index (Phi) is 15.3. The zero-order valence-electron chi connectivity index (χ0n) is 45.1. The third-order valence-corrected chi connectivity index (χ3v) is 18.4. The second-order valence-electron chi connectivity index (χ2n) is 21.8. The number of benzene rings is 6. The Balaban J connectivity index is 0.000000211. The summed E-state index contributed by atoms with van der Waals surface area (Å²) in [6, 6.07) is 37.4. The van der Waals surface area contributed by atoms with Gasteiger partial charge in [-0.05, 0) is 204 Å². The molecule has 0 amide bonds. The summed E-state index contributed by atoms with van der Waals surface area (Å²) in [5.74, 6) is 0. The number of hydrogen-bond acceptors (Lipinski definition) is 8. The van der Waals surface area contributed by atoms with Gasteiger partial charge in [0.2, 0.25) is 0 Å². The predicted octanol–water partition coefficient (Wildman–Crippen LogP) is 11.2. The lowest BCUT2D eigenvalue weighted by molar-refractivity contribution is 0.00578. The van der Waals surface area contributed by atoms with E-state index in [2.05, 4.69) is 38.1 Å². The number of sulfonamides is 2. The van der Waals surface area contributed by atoms with Crippen molar-refractivity contribution in [3.8, 4) is 0 Å². The smallest absolute Gasteiger partial charge is 0.399 e. The van der Waals surface area contributed by atoms with Gasteiger partial charge in [-0.15, -0.1) is 0 Å². The molecule has 0 atom stereocenters. The fraction of sp³-hybridized carbons (Fsp3) is 0.379. The Morgan fingerprint density at radius 1 is 0.389 bits per heavy atom. The van der Waals surface area contributed by atoms with Gasteiger partial charge in [0.1, 0.15) is 0 Å². The first-order chi connectivity index (χ1) is 33.4. The Bertz CT molecular complexity index is 2900. The maximum absolute atomic E-state index is 14.0. The van der Waals surface area contributed by atoms with Crippen LogP contribution in [0.5, 0.6) is 0 Å². The fourth-order valence-corrected chi connectivity index (χ4v) is 12.0. The van der Waals surface area contributed by atoms with Crippen LogP contribution in [-0.4, -0.2) is 53.5 Å². The highest BCUT2D eigenvalue weighted by Gasteiger charge is 2.53. The van der Waals surface area contributed by atoms with Crippen molar-refractivity contribution in [2.45, 2.75) is 156 Å². The SMILES string of the molecule is Cc1ccc(S(=O)(=O)N(Cc2c(C)cc(C)cc2C)c2cccc(B3OC(C)(C)C(C)(C)O3)c2)cc1.Cc1ccc(S(=O)(=O)N(Cc2c(C)cc(C)cc2C)c2cccc(B3OC(C)(C)C(C)(C)O3)c2)cc1. The second kappa shape index (κ2) is 20.2. The molecule has 10 nitrogen and oxygen atoms in total. The summed E-state index contributed by atoms with van der Waals surface area (Å²) < 4.78 is 84.1. The van der Waals surface area contributed by atoms with Gasteiger partial charge in [-0.3, -0.25) is 8.61 Å². The van der Waals surface area contributed by atoms with E-state index in [1.54, 1.807) is 24.3 Å². The first-order valence-electron chi connectivity index (χ1n) is 24.7. The highest BCUT2D eigenvalue weighted by atomic mass is 32.2. The topological polar surface area (TPSA) is 112 Å². The van der Waals surface area contributed by atoms with Gasteiger partial charge in [-0.2, -0.15) is 0 Å². The van der Waals surface area contributed by atoms with E-state index >= 15 is 0 Å². The van der Waals surface area contributed by atoms with Gasteiger partial charge in [0.05, 0.1) is 56.7 Å². The van der Waals surface area contributed by atoms with Crippen LogP contribution in [0.3, 0.4) is 0 Å². The van der Waals surface area contributed by atoms with Crippen LogP contribution in [0.25, 0.3) is 0 Å². The fourth-order valence-electron chi connectivity index (χ4n) is 9.12. The van der Waals surface area contributed by atoms with Crippen LogP contribution < -0.4 is 19.5 Å². The molecule has 14 heteroatoms. The molecule has 6 aromatic rings. The molecule has 0 saturated carbocycles. The number of hydrogen-bond donors (Lipinski definition) is 0. The van der Waals surface area contributed by atoms with Crippen molar-refractivity contribution < 1.29 is 35.5 Å². The molecule has 2 heterocycles. The van der Waals surface area contributed by atoms with Gasteiger partial charge >= 0.3 is 14.2 Å². The molecule has 2 fully saturated rings. The van der Waals surface area contributed by atoms with Crippen LogP contribution in [0.2, 0.25) is 0 Å². The molecular weight excluding hydrogens is 938 g/mol. The zero-order chi connectivity index (χ0) is 52.9. The monoisotopic (exact) mass is 1010 g/mol. The largest absolute Gasteiger partial charge is 0.494 e. The molecule has 2 aliphatic heterocycles. The molecule has 0 aliphatic carbocycles. The highest BCUT2D eigenvalue weighted by Crippen LogP contribution is 2.39. The van der Waals surface area contributed by atoms with E-state index in [4.69, 9.17) is 18.6 Å². The summed E-state index contributed by atoms with van der Waals surface area (Å²) in [6.45, 7) is 32.6. The average molecular weight is 1010 g/mol. The standard InChI is InChI=1S/2C29H36BNO4S/c2*1-20-12-14-26(15-13-20)36(32,33)31(19-27-22(3)16-21(2)17-23(27)4)25-11-9-10-24(18-25)30-34-28(5,6)29(7,8)35-30/h2*9-18H,19H2,1-8H3. The van der Waals surface area contributed by atoms with E-state index in [0.29, 0.717) is 11.4 Å². The van der Waals surface area contributed by atoms with E-state index in [9.17, 15) is 16.8 Å². The number of anilines is 2. The summed E-state index contributed by atoms with van der Waals surface area (Å²) in [5, 5.41) is 0. The van der Waals surface area contributed by atoms with E-state index in [0.717, 1.165) is 66.6 Å². The molecule has 0 bridgehead atoms. The minimum Gasteiger partial charge on any atom is -0.399 e. The first kappa shape index (κ1) is 54.6. The molecule has 2 aliphatic rings. The Hall–Kier alpha value is -5.21. The minimum absolute atomic E-state index is 0.223. The van der Waals surface area contributed by atoms with Crippen molar-refractivity contribution >= 4 is 56.6 Å². The first-order valence-corrected chi connectivity index (χ1v) is 27.5. The van der Waals surface area contributed by atoms with Crippen molar-refractivity contribution in [2.24, 2.45) is 0 Å². The van der Waals surface area contributed by atoms with Crippen molar-refractivity contribution in [2.75, 3.05) is 8.61 Å². The van der Waals surface area contributed by atoms with Crippen molar-refractivity contribution in [3.05, 3.63) is 177 Å². The molecule has 0 spiro atoms. The molecule has 380 valence electrons. The van der Waals surface area contributed by atoms with Crippen molar-refractivity contribution in [1.29, 1.82) is 0 Å². The van der Waals surface area contributed by atoms with Gasteiger partial charge in [-0.1, -0.05) is 95.1 Å². The third kappa shape index (κ3) is 11.3. The highest BCUT2D eigenvalue weighted by molar-refractivity contribution is 7.93. The van der Waals surface area contributed by atoms with E-state index < -0.39 is 56.7 Å². The molecule has 2 saturated heterocycles. The van der Waals surface area contributed by atoms with Gasteiger partial charge < -0.3 is 18.6 Å². The van der Waals surface area contributed by atoms with E-state index in [-0.39, 0.29) is 22.9 Å². The van der Waals surface area contributed by atoms with Crippen LogP contribution in [0.1, 0.15) is 111 Å². The van der Waals surface area contributed by atoms with Crippen LogP contribution >= 0.6 is 0 Å². The lowest BCUT2D eigenvalue weighted by Crippen LogP contribution is -2.41. The third-order valence-electron chi connectivity index (χ3n) is 14.9. The quantitative estimate of drug-likeness (QED) is 0.111. The average Bonchev–Trinajstić information content (AvgIpc) is 3.65. The minimum atomic E-state index is -3.85. The molecule has 0 N–H and O–H groups in total. The number of aryl methyl sites for hydroxylation is 8. The summed E-state index contributed by atoms with van der Waals surface area (Å²) >= 11 is 0. The van der Waals surface area contributed by atoms with Crippen molar-refractivity contribution in [1.82, 2.24) is 0 Å². The number of nitrogens with zero attached hydrogens (tertiary/aromatic N) is 2. The molecule has 0 radical (unpaired) electrons. The van der Waals surface area contributed by atoms with E-state index in [1.807, 2.05) is 170 Å². The molecule has 0 aromatic heterocycles. The molecular formula is C58H72B2N2O8S2. The summed E-state index contributed by atoms with van der Waals surface area (Å²) in [7, 11) is -8.86. The maximum Gasteiger partial charge on any atom is 0.494 e. The maximum atomic E-state index is 14.0. The van der Waals surface area contributed by atoms with Crippen LogP contribution in [0, 0.1) is 55.4 Å². The van der Waals surface area contributed by atoms with Crippen LogP contribution in [0.15, 0.2) is 131 Å². The molecule has 8 rings (SSSR count). The normalized spacial score (nSPS) is 16.8. The summed E-state index contributed by atoms with van der Waals surface area (Å²) in [4.78, 5) is 0.521.